The lowest BCUT2D eigenvalue weighted by Crippen LogP contribution is -2.16. The smallest absolute Gasteiger partial charge is 0.269 e. The molecule has 0 saturated heterocycles. The van der Waals surface area contributed by atoms with Crippen LogP contribution >= 0.6 is 39.1 Å². The first-order valence-corrected chi connectivity index (χ1v) is 8.17. The molecule has 8 heteroatoms. The largest absolute Gasteiger partial charge is 0.310 e. The summed E-state index contributed by atoms with van der Waals surface area (Å²) < 4.78 is 40.2. The maximum Gasteiger partial charge on any atom is 0.310 e. The SMILES string of the molecule is O=S(=O)(Nc1cc(F)cc(Br)c1)C1=C(Cl)[C+]=CC(Cl)=C1. The van der Waals surface area contributed by atoms with E-state index in [4.69, 9.17) is 23.2 Å². The topological polar surface area (TPSA) is 46.2 Å². The van der Waals surface area contributed by atoms with Crippen molar-refractivity contribution in [1.82, 2.24) is 0 Å². The Hall–Kier alpha value is -0.910. The summed E-state index contributed by atoms with van der Waals surface area (Å²) in [6, 6.07) is 3.67. The highest BCUT2D eigenvalue weighted by Crippen LogP contribution is 2.28. The summed E-state index contributed by atoms with van der Waals surface area (Å²) in [5.74, 6) is -0.583. The summed E-state index contributed by atoms with van der Waals surface area (Å²) in [6.45, 7) is 0. The van der Waals surface area contributed by atoms with Crippen molar-refractivity contribution < 1.29 is 12.8 Å². The zero-order valence-electron chi connectivity index (χ0n) is 9.62. The molecule has 1 aliphatic carbocycles. The van der Waals surface area contributed by atoms with Gasteiger partial charge in [0.2, 0.25) is 9.94 Å². The second-order valence-electron chi connectivity index (χ2n) is 3.76. The quantitative estimate of drug-likeness (QED) is 0.774. The van der Waals surface area contributed by atoms with Crippen LogP contribution in [0.3, 0.4) is 0 Å². The Balaban J connectivity index is 2.40. The average Bonchev–Trinajstić information content (AvgIpc) is 2.30. The summed E-state index contributed by atoms with van der Waals surface area (Å²) in [6.07, 6.45) is 5.05. The van der Waals surface area contributed by atoms with Gasteiger partial charge >= 0.3 is 10.0 Å². The molecule has 1 N–H and O–H groups in total. The van der Waals surface area contributed by atoms with Crippen LogP contribution in [0.15, 0.2) is 49.8 Å². The van der Waals surface area contributed by atoms with Gasteiger partial charge in [0.1, 0.15) is 11.9 Å². The monoisotopic (exact) mass is 396 g/mol. The van der Waals surface area contributed by atoms with E-state index in [-0.39, 0.29) is 20.7 Å². The lowest BCUT2D eigenvalue weighted by Gasteiger charge is -2.07. The fourth-order valence-electron chi connectivity index (χ4n) is 1.45. The van der Waals surface area contributed by atoms with Crippen molar-refractivity contribution in [1.29, 1.82) is 0 Å². The molecule has 1 aromatic rings. The van der Waals surface area contributed by atoms with Crippen molar-refractivity contribution >= 4 is 54.8 Å². The fourth-order valence-corrected chi connectivity index (χ4v) is 3.67. The molecule has 0 unspecified atom stereocenters. The van der Waals surface area contributed by atoms with E-state index in [1.807, 2.05) is 0 Å². The molecule has 0 radical (unpaired) electrons. The molecule has 0 bridgehead atoms. The second kappa shape index (κ2) is 5.84. The van der Waals surface area contributed by atoms with Gasteiger partial charge in [0.05, 0.1) is 17.8 Å². The Labute approximate surface area is 133 Å². The molecule has 0 spiro atoms. The van der Waals surface area contributed by atoms with E-state index in [0.717, 1.165) is 6.07 Å². The van der Waals surface area contributed by atoms with Gasteiger partial charge in [-0.3, -0.25) is 4.72 Å². The number of allylic oxidation sites excluding steroid dienone is 5. The molecule has 1 aliphatic rings. The van der Waals surface area contributed by atoms with Crippen molar-refractivity contribution in [2.75, 3.05) is 4.72 Å². The zero-order chi connectivity index (χ0) is 14.9. The number of sulfonamides is 1. The van der Waals surface area contributed by atoms with E-state index in [0.29, 0.717) is 4.47 Å². The number of anilines is 1. The molecule has 0 saturated carbocycles. The molecule has 0 fully saturated rings. The Morgan fingerprint density at radius 2 is 1.95 bits per heavy atom. The minimum Gasteiger partial charge on any atom is -0.269 e. The van der Waals surface area contributed by atoms with Crippen molar-refractivity contribution in [2.24, 2.45) is 0 Å². The minimum absolute atomic E-state index is 0.0629. The summed E-state index contributed by atoms with van der Waals surface area (Å²) in [7, 11) is -3.99. The first-order valence-electron chi connectivity index (χ1n) is 5.13. The van der Waals surface area contributed by atoms with E-state index in [2.05, 4.69) is 26.7 Å². The first-order chi connectivity index (χ1) is 9.28. The Bertz CT molecular complexity index is 736. The van der Waals surface area contributed by atoms with E-state index in [1.165, 1.54) is 24.3 Å². The van der Waals surface area contributed by atoms with Gasteiger partial charge in [0, 0.05) is 16.1 Å². The average molecular weight is 398 g/mol. The molecule has 104 valence electrons. The highest BCUT2D eigenvalue weighted by molar-refractivity contribution is 9.10. The third-order valence-corrected chi connectivity index (χ3v) is 4.73. The van der Waals surface area contributed by atoms with Gasteiger partial charge in [0.25, 0.3) is 0 Å². The third kappa shape index (κ3) is 3.59. The normalized spacial score (nSPS) is 14.9. The maximum atomic E-state index is 13.2. The highest BCUT2D eigenvalue weighted by atomic mass is 79.9. The molecule has 0 atom stereocenters. The third-order valence-electron chi connectivity index (χ3n) is 2.23. The van der Waals surface area contributed by atoms with Crippen LogP contribution < -0.4 is 4.72 Å². The molecule has 0 amide bonds. The van der Waals surface area contributed by atoms with E-state index in [1.54, 1.807) is 0 Å². The van der Waals surface area contributed by atoms with Gasteiger partial charge in [-0.05, 0) is 29.8 Å². The van der Waals surface area contributed by atoms with Gasteiger partial charge in [-0.15, -0.1) is 0 Å². The lowest BCUT2D eigenvalue weighted by molar-refractivity contribution is 0.607. The molecule has 2 rings (SSSR count). The van der Waals surface area contributed by atoms with Gasteiger partial charge in [-0.2, -0.15) is 8.42 Å². The summed E-state index contributed by atoms with van der Waals surface area (Å²) in [4.78, 5) is -0.230. The zero-order valence-corrected chi connectivity index (χ0v) is 13.5. The molecule has 0 aliphatic heterocycles. The molecule has 20 heavy (non-hydrogen) atoms. The number of halogens is 4. The van der Waals surface area contributed by atoms with Crippen LogP contribution in [-0.2, 0) is 10.0 Å². The van der Waals surface area contributed by atoms with Gasteiger partial charge in [-0.25, -0.2) is 4.39 Å². The van der Waals surface area contributed by atoms with Crippen molar-refractivity contribution in [3.8, 4) is 0 Å². The van der Waals surface area contributed by atoms with Gasteiger partial charge in [-0.1, -0.05) is 15.9 Å². The predicted octanol–water partition coefficient (Wildman–Crippen LogP) is 4.28. The second-order valence-corrected chi connectivity index (χ2v) is 7.14. The van der Waals surface area contributed by atoms with Crippen LogP contribution in [0.1, 0.15) is 0 Å². The van der Waals surface area contributed by atoms with Crippen molar-refractivity contribution in [3.63, 3.8) is 0 Å². The number of benzene rings is 1. The van der Waals surface area contributed by atoms with Crippen molar-refractivity contribution in [3.05, 3.63) is 61.7 Å². The lowest BCUT2D eigenvalue weighted by atomic mass is 10.3. The van der Waals surface area contributed by atoms with E-state index in [9.17, 15) is 12.8 Å². The number of nitrogens with one attached hydrogen (secondary N) is 1. The summed E-state index contributed by atoms with van der Waals surface area (Å²) in [5.41, 5.74) is 0.0629. The van der Waals surface area contributed by atoms with Gasteiger partial charge in [0.15, 0.2) is 5.03 Å². The van der Waals surface area contributed by atoms with Crippen LogP contribution in [-0.4, -0.2) is 8.42 Å². The first kappa shape index (κ1) is 15.5. The van der Waals surface area contributed by atoms with Gasteiger partial charge < -0.3 is 0 Å². The Morgan fingerprint density at radius 3 is 2.60 bits per heavy atom. The highest BCUT2D eigenvalue weighted by Gasteiger charge is 2.29. The Kier molecular flexibility index (Phi) is 4.52. The number of hydrogen-bond acceptors (Lipinski definition) is 2. The minimum atomic E-state index is -3.99. The van der Waals surface area contributed by atoms with Crippen molar-refractivity contribution in [2.45, 2.75) is 0 Å². The molecular formula is C12H6BrCl2FNO2S+. The number of rotatable bonds is 3. The molecule has 0 heterocycles. The van der Waals surface area contributed by atoms with Crippen LogP contribution in [0.25, 0.3) is 0 Å². The Morgan fingerprint density at radius 1 is 1.25 bits per heavy atom. The number of hydrogen-bond donors (Lipinski definition) is 1. The van der Waals surface area contributed by atoms with Crippen LogP contribution in [0.4, 0.5) is 10.1 Å². The predicted molar refractivity (Wildman–Crippen MR) is 81.3 cm³/mol. The maximum absolute atomic E-state index is 13.2. The standard InChI is InChI=1S/C12H6BrCl2FNO2S/c13-7-3-9(16)6-10(4-7)17-20(18,19)12-5-8(14)1-2-11(12)15/h1,3-6,17H/q+1. The molecule has 0 aromatic heterocycles. The summed E-state index contributed by atoms with van der Waals surface area (Å²) >= 11 is 14.6. The van der Waals surface area contributed by atoms with Crippen LogP contribution in [0.5, 0.6) is 0 Å². The molecule has 1 aromatic carbocycles. The van der Waals surface area contributed by atoms with E-state index >= 15 is 0 Å². The van der Waals surface area contributed by atoms with E-state index < -0.39 is 15.8 Å². The van der Waals surface area contributed by atoms with Crippen LogP contribution in [0.2, 0.25) is 0 Å². The molecule has 3 nitrogen and oxygen atoms in total. The fraction of sp³-hybridized carbons (Fsp3) is 0. The molecular weight excluding hydrogens is 392 g/mol. The van der Waals surface area contributed by atoms with Crippen LogP contribution in [0, 0.1) is 11.9 Å². The summed E-state index contributed by atoms with van der Waals surface area (Å²) in [5, 5.41) is 0.0765.